The van der Waals surface area contributed by atoms with Crippen LogP contribution in [0.3, 0.4) is 0 Å². The molecule has 49 heavy (non-hydrogen) atoms. The summed E-state index contributed by atoms with van der Waals surface area (Å²) in [4.78, 5) is 50.4. The van der Waals surface area contributed by atoms with Gasteiger partial charge >= 0.3 is 6.09 Å². The molecule has 3 amide bonds. The Morgan fingerprint density at radius 3 is 2.39 bits per heavy atom. The number of imidazole rings is 1. The number of aromatic amines is 1. The van der Waals surface area contributed by atoms with E-state index in [0.717, 1.165) is 30.6 Å². The van der Waals surface area contributed by atoms with Gasteiger partial charge in [-0.2, -0.15) is 5.10 Å². The molecule has 5 rings (SSSR count). The molecule has 2 aliphatic heterocycles. The van der Waals surface area contributed by atoms with Crippen LogP contribution < -0.4 is 5.32 Å². The van der Waals surface area contributed by atoms with Gasteiger partial charge < -0.3 is 24.8 Å². The highest BCUT2D eigenvalue weighted by atomic mass is 19.3. The van der Waals surface area contributed by atoms with E-state index in [9.17, 15) is 23.2 Å². The molecular formula is C35H48F3N7O4. The van der Waals surface area contributed by atoms with Gasteiger partial charge in [0.1, 0.15) is 22.8 Å². The van der Waals surface area contributed by atoms with Gasteiger partial charge in [0, 0.05) is 37.4 Å². The van der Waals surface area contributed by atoms with Crippen molar-refractivity contribution in [2.75, 3.05) is 26.2 Å². The maximum Gasteiger partial charge on any atom is 0.410 e. The first-order valence-corrected chi connectivity index (χ1v) is 17.1. The van der Waals surface area contributed by atoms with Gasteiger partial charge in [-0.1, -0.05) is 32.4 Å². The first kappa shape index (κ1) is 36.2. The minimum atomic E-state index is -2.99. The smallest absolute Gasteiger partial charge is 0.410 e. The van der Waals surface area contributed by atoms with Crippen molar-refractivity contribution in [3.63, 3.8) is 0 Å². The van der Waals surface area contributed by atoms with Crippen molar-refractivity contribution in [2.24, 2.45) is 23.7 Å². The molecule has 3 aliphatic rings. The predicted molar refractivity (Wildman–Crippen MR) is 177 cm³/mol. The largest absolute Gasteiger partial charge is 0.444 e. The van der Waals surface area contributed by atoms with E-state index < -0.39 is 60.3 Å². The summed E-state index contributed by atoms with van der Waals surface area (Å²) in [5.41, 5.74) is 0.0197. The number of likely N-dealkylation sites (tertiary alicyclic amines) is 2. The highest BCUT2D eigenvalue weighted by Crippen LogP contribution is 2.41. The van der Waals surface area contributed by atoms with E-state index in [2.05, 4.69) is 28.9 Å². The monoisotopic (exact) mass is 687 g/mol. The molecule has 0 spiro atoms. The Balaban J connectivity index is 1.48. The second-order valence-electron chi connectivity index (χ2n) is 14.7. The number of carbonyl (C=O) groups excluding carboxylic acids is 3. The molecular weight excluding hydrogens is 639 g/mol. The highest BCUT2D eigenvalue weighted by molar-refractivity contribution is 5.92. The third-order valence-electron chi connectivity index (χ3n) is 9.79. The molecule has 1 aliphatic carbocycles. The Morgan fingerprint density at radius 2 is 1.80 bits per heavy atom. The number of nitrogens with one attached hydrogen (secondary N) is 2. The Hall–Kier alpha value is -4.10. The summed E-state index contributed by atoms with van der Waals surface area (Å²) in [6.07, 6.45) is 5.86. The van der Waals surface area contributed by atoms with Crippen LogP contribution in [0, 0.1) is 30.6 Å². The average Bonchev–Trinajstić information content (AvgIpc) is 3.77. The summed E-state index contributed by atoms with van der Waals surface area (Å²) < 4.78 is 51.4. The standard InChI is InChI=1S/C35H48F3N7O4/c1-8-23(24-16-43(33(48)49-34(5,6)7)17-25(24)32(47)44-18-35(37,38)19-44)27(36)28-21(4)40-30(41-28)29(22-12-10-20(3)11-13-22)42-31(46)26-14-15-39-45(26)9-2/h8,14-15,20,22,24-25,29H,1,9-13,16-19H2,2-7H3,(H,40,41)(H,42,46)/b27-23-/t20-,22-,24?,25?,29-/m0/s1. The molecule has 14 heteroatoms. The number of nitrogens with zero attached hydrogens (tertiary/aromatic N) is 5. The van der Waals surface area contributed by atoms with Gasteiger partial charge in [0.2, 0.25) is 5.91 Å². The lowest BCUT2D eigenvalue weighted by Gasteiger charge is -2.40. The van der Waals surface area contributed by atoms with Crippen molar-refractivity contribution < 1.29 is 32.3 Å². The van der Waals surface area contributed by atoms with Gasteiger partial charge in [-0.25, -0.2) is 22.9 Å². The summed E-state index contributed by atoms with van der Waals surface area (Å²) in [5.74, 6) is -5.51. The second-order valence-corrected chi connectivity index (χ2v) is 14.7. The van der Waals surface area contributed by atoms with Crippen LogP contribution in [-0.4, -0.2) is 85.2 Å². The molecule has 0 aromatic carbocycles. The van der Waals surface area contributed by atoms with Gasteiger partial charge in [0.05, 0.1) is 25.0 Å². The normalized spacial score (nSPS) is 24.9. The maximum absolute atomic E-state index is 16.8. The number of aromatic nitrogens is 4. The quantitative estimate of drug-likeness (QED) is 0.309. The molecule has 2 unspecified atom stereocenters. The van der Waals surface area contributed by atoms with Gasteiger partial charge in [0.25, 0.3) is 11.8 Å². The lowest BCUT2D eigenvalue weighted by Crippen LogP contribution is -2.60. The van der Waals surface area contributed by atoms with E-state index >= 15 is 4.39 Å². The Morgan fingerprint density at radius 1 is 1.14 bits per heavy atom. The van der Waals surface area contributed by atoms with Gasteiger partial charge in [-0.05, 0) is 70.9 Å². The predicted octanol–water partition coefficient (Wildman–Crippen LogP) is 6.06. The number of hydrogen-bond donors (Lipinski definition) is 2. The molecule has 2 aromatic heterocycles. The van der Waals surface area contributed by atoms with E-state index in [1.807, 2.05) is 6.92 Å². The van der Waals surface area contributed by atoms with E-state index in [1.165, 1.54) is 11.0 Å². The number of rotatable bonds is 9. The van der Waals surface area contributed by atoms with Crippen molar-refractivity contribution in [3.05, 3.63) is 53.4 Å². The van der Waals surface area contributed by atoms with Crippen LogP contribution >= 0.6 is 0 Å². The zero-order valence-corrected chi connectivity index (χ0v) is 29.2. The van der Waals surface area contributed by atoms with Crippen LogP contribution in [-0.2, 0) is 16.1 Å². The van der Waals surface area contributed by atoms with Crippen molar-refractivity contribution in [1.29, 1.82) is 0 Å². The van der Waals surface area contributed by atoms with Crippen LogP contribution in [0.5, 0.6) is 0 Å². The minimum Gasteiger partial charge on any atom is -0.444 e. The van der Waals surface area contributed by atoms with E-state index in [0.29, 0.717) is 29.7 Å². The number of hydrogen-bond acceptors (Lipinski definition) is 6. The molecule has 2 aromatic rings. The van der Waals surface area contributed by atoms with Crippen LogP contribution in [0.1, 0.15) is 94.0 Å². The Labute approximate surface area is 285 Å². The number of alkyl halides is 2. The van der Waals surface area contributed by atoms with E-state index in [-0.39, 0.29) is 36.2 Å². The summed E-state index contributed by atoms with van der Waals surface area (Å²) in [6.45, 7) is 13.6. The summed E-state index contributed by atoms with van der Waals surface area (Å²) in [6, 6.07) is 1.11. The topological polar surface area (TPSA) is 125 Å². The fraction of sp³-hybridized carbons (Fsp3) is 0.629. The Kier molecular flexibility index (Phi) is 10.4. The fourth-order valence-electron chi connectivity index (χ4n) is 7.15. The van der Waals surface area contributed by atoms with Crippen LogP contribution in [0.15, 0.2) is 30.5 Å². The molecule has 0 radical (unpaired) electrons. The Bertz CT molecular complexity index is 1590. The number of carbonyl (C=O) groups is 3. The molecule has 268 valence electrons. The molecule has 3 atom stereocenters. The molecule has 1 saturated carbocycles. The molecule has 0 bridgehead atoms. The third kappa shape index (κ3) is 7.88. The van der Waals surface area contributed by atoms with E-state index in [1.54, 1.807) is 44.6 Å². The number of aryl methyl sites for hydroxylation is 2. The lowest BCUT2D eigenvalue weighted by molar-refractivity contribution is -0.169. The SMILES string of the molecule is C=C/C(=C(/F)c1nc([C@@H](NC(=O)c2ccnn2CC)[C@H]2CC[C@H](C)CC2)[nH]c1C)C1CN(C(=O)OC(C)(C)C)CC1C(=O)N1CC(F)(F)C1. The zero-order valence-electron chi connectivity index (χ0n) is 29.2. The molecule has 4 heterocycles. The van der Waals surface area contributed by atoms with Crippen molar-refractivity contribution >= 4 is 23.7 Å². The number of halogens is 3. The minimum absolute atomic E-state index is 0.00988. The van der Waals surface area contributed by atoms with Crippen molar-refractivity contribution in [3.8, 4) is 0 Å². The molecule has 2 N–H and O–H groups in total. The highest BCUT2D eigenvalue weighted by Gasteiger charge is 2.51. The van der Waals surface area contributed by atoms with Crippen LogP contribution in [0.4, 0.5) is 18.0 Å². The van der Waals surface area contributed by atoms with Gasteiger partial charge in [-0.3, -0.25) is 14.3 Å². The number of amides is 3. The van der Waals surface area contributed by atoms with Crippen molar-refractivity contribution in [1.82, 2.24) is 34.9 Å². The van der Waals surface area contributed by atoms with Gasteiger partial charge in [-0.15, -0.1) is 0 Å². The first-order valence-electron chi connectivity index (χ1n) is 17.1. The number of H-pyrrole nitrogens is 1. The summed E-state index contributed by atoms with van der Waals surface area (Å²) in [5, 5.41) is 7.36. The van der Waals surface area contributed by atoms with Gasteiger partial charge in [0.15, 0.2) is 5.83 Å². The van der Waals surface area contributed by atoms with E-state index in [4.69, 9.17) is 9.72 Å². The number of allylic oxidation sites excluding steroid dienone is 1. The third-order valence-corrected chi connectivity index (χ3v) is 9.79. The second kappa shape index (κ2) is 14.0. The summed E-state index contributed by atoms with van der Waals surface area (Å²) >= 11 is 0. The van der Waals surface area contributed by atoms with Crippen molar-refractivity contribution in [2.45, 2.75) is 91.3 Å². The fourth-order valence-corrected chi connectivity index (χ4v) is 7.15. The maximum atomic E-state index is 16.8. The first-order chi connectivity index (χ1) is 23.0. The zero-order chi connectivity index (χ0) is 35.8. The molecule has 2 saturated heterocycles. The van der Waals surface area contributed by atoms with Crippen LogP contribution in [0.25, 0.3) is 5.83 Å². The summed E-state index contributed by atoms with van der Waals surface area (Å²) in [7, 11) is 0. The molecule has 11 nitrogen and oxygen atoms in total. The average molecular weight is 688 g/mol. The lowest BCUT2D eigenvalue weighted by atomic mass is 9.79. The molecule has 3 fully saturated rings. The van der Waals surface area contributed by atoms with Crippen LogP contribution in [0.2, 0.25) is 0 Å². The number of ether oxygens (including phenoxy) is 1.